The molecule has 27 nitrogen and oxygen atoms in total. The van der Waals surface area contributed by atoms with Crippen molar-refractivity contribution in [1.29, 1.82) is 0 Å². The van der Waals surface area contributed by atoms with Gasteiger partial charge in [0.05, 0.1) is 18.8 Å². The van der Waals surface area contributed by atoms with Crippen LogP contribution < -0.4 is 70.0 Å². The number of carbonyl (C=O) groups excluding carboxylic acids is 10. The summed E-state index contributed by atoms with van der Waals surface area (Å²) in [5.41, 5.74) is 12.8. The van der Waals surface area contributed by atoms with Crippen LogP contribution in [0.3, 0.4) is 0 Å². The second kappa shape index (κ2) is 38.0. The summed E-state index contributed by atoms with van der Waals surface area (Å²) in [4.78, 5) is 141. The van der Waals surface area contributed by atoms with Crippen molar-refractivity contribution in [1.82, 2.24) is 63.5 Å². The molecule has 90 heavy (non-hydrogen) atoms. The number of unbranched alkanes of at least 4 members (excludes halogenated alkanes) is 2. The largest absolute Gasteiger partial charge is 0.408 e. The molecule has 0 fully saturated rings. The van der Waals surface area contributed by atoms with Gasteiger partial charge in [0.15, 0.2) is 5.96 Å². The fourth-order valence-electron chi connectivity index (χ4n) is 8.62. The van der Waals surface area contributed by atoms with Gasteiger partial charge in [0.2, 0.25) is 59.1 Å². The number of nitrogens with two attached hydrogens (primary N) is 2. The van der Waals surface area contributed by atoms with Gasteiger partial charge >= 0.3 is 12.4 Å². The highest BCUT2D eigenvalue weighted by molar-refractivity contribution is 7.80. The molecular weight excluding hydrogens is 1240 g/mol. The number of amides is 10. The molecule has 10 amide bonds. The quantitative estimate of drug-likeness (QED) is 0.00980. The number of carbonyl (C=O) groups is 10. The molecule has 500 valence electrons. The number of para-hydroxylation sites is 1. The summed E-state index contributed by atoms with van der Waals surface area (Å²) in [6.45, 7) is -0.784. The predicted octanol–water partition coefficient (Wildman–Crippen LogP) is -1.97. The number of thiol groups is 2. The Hall–Kier alpha value is -7.89. The Balaban J connectivity index is 1.85. The molecule has 35 heteroatoms. The third kappa shape index (κ3) is 27.9. The minimum absolute atomic E-state index is 0.0634. The van der Waals surface area contributed by atoms with Crippen LogP contribution in [0.1, 0.15) is 70.4 Å². The molecule has 0 aliphatic rings. The molecule has 3 aromatic rings. The lowest BCUT2D eigenvalue weighted by Crippen LogP contribution is -2.62. The number of primary amides is 1. The number of aromatic amines is 1. The van der Waals surface area contributed by atoms with Crippen molar-refractivity contribution in [2.24, 2.45) is 16.5 Å². The first-order chi connectivity index (χ1) is 42.4. The molecule has 2 aromatic carbocycles. The molecule has 0 unspecified atom stereocenters. The number of aliphatic hydroxyl groups is 2. The van der Waals surface area contributed by atoms with E-state index in [0.717, 1.165) is 13.8 Å². The van der Waals surface area contributed by atoms with E-state index in [9.17, 15) is 84.5 Å². The van der Waals surface area contributed by atoms with Gasteiger partial charge in [-0.25, -0.2) is 4.99 Å². The first kappa shape index (κ1) is 76.4. The number of rotatable bonds is 37. The Morgan fingerprint density at radius 1 is 0.578 bits per heavy atom. The Bertz CT molecular complexity index is 2910. The molecule has 1 aromatic heterocycles. The number of nitrogens with zero attached hydrogens (tertiary/aromatic N) is 1. The molecule has 0 aliphatic carbocycles. The summed E-state index contributed by atoms with van der Waals surface area (Å²) in [5.74, 6) is -10.9. The van der Waals surface area contributed by atoms with E-state index in [4.69, 9.17) is 11.5 Å². The number of aromatic nitrogens is 1. The van der Waals surface area contributed by atoms with Gasteiger partial charge in [-0.15, -0.1) is 0 Å². The number of alkyl halides is 6. The van der Waals surface area contributed by atoms with Crippen LogP contribution in [0.2, 0.25) is 0 Å². The van der Waals surface area contributed by atoms with Crippen LogP contribution in [0.25, 0.3) is 10.9 Å². The van der Waals surface area contributed by atoms with Gasteiger partial charge in [-0.3, -0.25) is 47.9 Å². The van der Waals surface area contributed by atoms with E-state index in [2.05, 4.69) is 88.4 Å². The van der Waals surface area contributed by atoms with Crippen molar-refractivity contribution >= 4 is 101 Å². The van der Waals surface area contributed by atoms with E-state index in [0.29, 0.717) is 28.5 Å². The third-order valence-electron chi connectivity index (χ3n) is 13.2. The highest BCUT2D eigenvalue weighted by Crippen LogP contribution is 2.20. The van der Waals surface area contributed by atoms with Crippen molar-refractivity contribution in [3.8, 4) is 0 Å². The molecule has 0 bridgehead atoms. The fraction of sp³-hybridized carbons (Fsp3) is 0.545. The normalized spacial score (nSPS) is 15.1. The highest BCUT2D eigenvalue weighted by atomic mass is 32.1. The van der Waals surface area contributed by atoms with Gasteiger partial charge in [-0.05, 0) is 76.1 Å². The predicted molar refractivity (Wildman–Crippen MR) is 324 cm³/mol. The zero-order chi connectivity index (χ0) is 67.3. The topological polar surface area (TPSA) is 424 Å². The first-order valence-electron chi connectivity index (χ1n) is 28.3. The van der Waals surface area contributed by atoms with E-state index in [1.165, 1.54) is 6.92 Å². The standard InChI is InChI=1S/C55H79F6N15O12S2/c1-29(77)43(45(63)81)75-51(87)41(26-90)74-52(88)44(30(2)78)76-47(83)37(17-9-11-19-62)71-49(85)39(22-33-23-65-35-16-8-7-15-34(33)35)73-48(84)38(21-32-13-5-4-6-14-32)72-50(86)40(25-89)70-42(80)24-66-46(82)36(69-31(3)79)18-10-12-20-64-53(67-27-54(56,57)58)68-28-55(59,60)61/h4-8,13-16,23,29-30,36-41,43-44,65,77-78,89-90H,9-12,17-22,24-28,62H2,1-3H3,(H2,63,81)(H,66,82)(H,69,79)(H,70,80)(H,71,85)(H,72,86)(H,73,84)(H,74,88)(H,75,87)(H,76,83)(H2,64,67,68)/t29-,30-,36-,37+,38+,39-,40+,41+,43+,44+/m1/s1. The van der Waals surface area contributed by atoms with Crippen LogP contribution in [-0.4, -0.2) is 197 Å². The summed E-state index contributed by atoms with van der Waals surface area (Å²) < 4.78 is 76.4. The SMILES string of the molecule is CC(=O)N[C@H](CCCCNC(=NCC(F)(F)F)NCC(F)(F)F)C(=O)NCC(=O)N[C@@H](CS)C(=O)N[C@@H](Cc1ccccc1)C(=O)N[C@H](Cc1c[nH]c2ccccc12)C(=O)N[C@@H](CCCCN)C(=O)N[C@H](C(=O)N[C@@H](CS)C(=O)N[C@H](C(N)=O)[C@@H](C)O)[C@@H](C)O. The molecule has 18 N–H and O–H groups in total. The van der Waals surface area contributed by atoms with Gasteiger partial charge in [0.25, 0.3) is 0 Å². The van der Waals surface area contributed by atoms with Crippen LogP contribution in [0.4, 0.5) is 26.3 Å². The lowest BCUT2D eigenvalue weighted by molar-refractivity contribution is -0.137. The van der Waals surface area contributed by atoms with E-state index in [-0.39, 0.29) is 69.5 Å². The minimum atomic E-state index is -4.81. The maximum absolute atomic E-state index is 14.7. The van der Waals surface area contributed by atoms with Crippen LogP contribution in [0.5, 0.6) is 0 Å². The first-order valence-corrected chi connectivity index (χ1v) is 29.6. The number of hydrogen-bond acceptors (Lipinski definition) is 16. The van der Waals surface area contributed by atoms with Gasteiger partial charge in [0, 0.05) is 54.9 Å². The molecular formula is C55H79F6N15O12S2. The lowest BCUT2D eigenvalue weighted by Gasteiger charge is -2.28. The molecule has 0 saturated carbocycles. The van der Waals surface area contributed by atoms with E-state index < -0.39 is 158 Å². The Kier molecular flexibility index (Phi) is 32.2. The fourth-order valence-corrected chi connectivity index (χ4v) is 9.13. The number of aliphatic hydroxyl groups excluding tert-OH is 2. The van der Waals surface area contributed by atoms with Crippen molar-refractivity contribution < 1.29 is 84.5 Å². The summed E-state index contributed by atoms with van der Waals surface area (Å²) in [6, 6.07) is 3.30. The number of aliphatic imine (C=N–C) groups is 1. The van der Waals surface area contributed by atoms with Gasteiger partial charge in [-0.2, -0.15) is 51.6 Å². The second-order valence-corrected chi connectivity index (χ2v) is 21.5. The summed E-state index contributed by atoms with van der Waals surface area (Å²) in [7, 11) is 0. The zero-order valence-corrected chi connectivity index (χ0v) is 51.2. The van der Waals surface area contributed by atoms with Crippen molar-refractivity contribution in [2.45, 2.75) is 145 Å². The Labute approximate surface area is 524 Å². The number of H-pyrrole nitrogens is 1. The Morgan fingerprint density at radius 2 is 1.09 bits per heavy atom. The van der Waals surface area contributed by atoms with Crippen LogP contribution in [0.15, 0.2) is 65.8 Å². The van der Waals surface area contributed by atoms with Crippen LogP contribution in [-0.2, 0) is 60.8 Å². The molecule has 1 heterocycles. The average molecular weight is 1320 g/mol. The number of halogens is 6. The molecule has 0 saturated heterocycles. The average Bonchev–Trinajstić information content (AvgIpc) is 3.62. The summed E-state index contributed by atoms with van der Waals surface area (Å²) >= 11 is 8.33. The van der Waals surface area contributed by atoms with Crippen LogP contribution in [0, 0.1) is 0 Å². The van der Waals surface area contributed by atoms with E-state index >= 15 is 0 Å². The maximum atomic E-state index is 14.7. The van der Waals surface area contributed by atoms with Gasteiger partial charge in [-0.1, -0.05) is 48.5 Å². The Morgan fingerprint density at radius 3 is 1.66 bits per heavy atom. The van der Waals surface area contributed by atoms with Crippen molar-refractivity contribution in [3.05, 3.63) is 71.9 Å². The highest BCUT2D eigenvalue weighted by Gasteiger charge is 2.37. The maximum Gasteiger partial charge on any atom is 0.408 e. The summed E-state index contributed by atoms with van der Waals surface area (Å²) in [5, 5.41) is 47.5. The van der Waals surface area contributed by atoms with E-state index in [1.54, 1.807) is 66.1 Å². The number of fused-ring (bicyclic) bond motifs is 1. The van der Waals surface area contributed by atoms with Crippen molar-refractivity contribution in [3.63, 3.8) is 0 Å². The lowest BCUT2D eigenvalue weighted by atomic mass is 10.0. The number of benzene rings is 2. The van der Waals surface area contributed by atoms with Crippen molar-refractivity contribution in [2.75, 3.05) is 44.2 Å². The number of nitrogens with one attached hydrogen (secondary N) is 12. The smallest absolute Gasteiger partial charge is 0.391 e. The number of hydrogen-bond donors (Lipinski definition) is 18. The third-order valence-corrected chi connectivity index (χ3v) is 14.0. The number of guanidine groups is 1. The molecule has 0 radical (unpaired) electrons. The second-order valence-electron chi connectivity index (χ2n) is 20.8. The minimum Gasteiger partial charge on any atom is -0.391 e. The van der Waals surface area contributed by atoms with Gasteiger partial charge < -0.3 is 85.1 Å². The molecule has 10 atom stereocenters. The van der Waals surface area contributed by atoms with Gasteiger partial charge in [0.1, 0.15) is 61.4 Å². The molecule has 3 rings (SSSR count). The molecule has 0 aliphatic heterocycles. The molecule has 0 spiro atoms. The van der Waals surface area contributed by atoms with Crippen LogP contribution >= 0.6 is 25.3 Å². The monoisotopic (exact) mass is 1320 g/mol. The summed E-state index contributed by atoms with van der Waals surface area (Å²) in [6.07, 6.45) is -10.9. The zero-order valence-electron chi connectivity index (χ0n) is 49.4. The van der Waals surface area contributed by atoms with E-state index in [1.807, 2.05) is 0 Å².